The fraction of sp³-hybridized carbons (Fsp3) is 0.310. The molecule has 1 fully saturated rings. The van der Waals surface area contributed by atoms with Gasteiger partial charge in [0.2, 0.25) is 0 Å². The van der Waals surface area contributed by atoms with Gasteiger partial charge in [0.1, 0.15) is 18.5 Å². The molecule has 1 aliphatic heterocycles. The van der Waals surface area contributed by atoms with E-state index in [4.69, 9.17) is 19.4 Å². The summed E-state index contributed by atoms with van der Waals surface area (Å²) in [5, 5.41) is 11.7. The van der Waals surface area contributed by atoms with E-state index < -0.39 is 6.10 Å². The van der Waals surface area contributed by atoms with Gasteiger partial charge in [0.05, 0.1) is 12.1 Å². The Labute approximate surface area is 241 Å². The second kappa shape index (κ2) is 15.5. The van der Waals surface area contributed by atoms with Gasteiger partial charge in [-0.1, -0.05) is 54.6 Å². The van der Waals surface area contributed by atoms with Crippen molar-refractivity contribution < 1.29 is 20.1 Å². The molecule has 0 bridgehead atoms. The molecule has 1 aromatic heterocycles. The number of halogens is 2. The Bertz CT molecular complexity index is 1290. The van der Waals surface area contributed by atoms with Gasteiger partial charge in [0.15, 0.2) is 17.3 Å². The lowest BCUT2D eigenvalue weighted by atomic mass is 10.1. The van der Waals surface area contributed by atoms with Crippen LogP contribution in [0.4, 0.5) is 5.82 Å². The van der Waals surface area contributed by atoms with Crippen LogP contribution in [0.3, 0.4) is 0 Å². The van der Waals surface area contributed by atoms with Gasteiger partial charge in [-0.2, -0.15) is 0 Å². The van der Waals surface area contributed by atoms with Crippen LogP contribution in [0, 0.1) is 0 Å². The Kier molecular flexibility index (Phi) is 12.7. The van der Waals surface area contributed by atoms with Crippen molar-refractivity contribution in [3.05, 3.63) is 78.9 Å². The highest BCUT2D eigenvalue weighted by Gasteiger charge is 2.23. The Balaban J connectivity index is 0.00000178. The van der Waals surface area contributed by atoms with Crippen molar-refractivity contribution in [2.24, 2.45) is 0 Å². The zero-order valence-corrected chi connectivity index (χ0v) is 23.5. The molecular weight excluding hydrogens is 539 g/mol. The van der Waals surface area contributed by atoms with E-state index in [0.717, 1.165) is 54.3 Å². The molecule has 4 aromatic rings. The predicted octanol–water partition coefficient (Wildman–Crippen LogP) is 4.28. The summed E-state index contributed by atoms with van der Waals surface area (Å²) >= 11 is 0. The summed E-state index contributed by atoms with van der Waals surface area (Å²) in [6.45, 7) is 6.63. The molecule has 0 aliphatic carbocycles. The number of hydrogen-bond acceptors (Lipinski definition) is 7. The number of aromatic nitrogens is 2. The van der Waals surface area contributed by atoms with Gasteiger partial charge in [-0.3, -0.25) is 4.90 Å². The minimum absolute atomic E-state index is 0. The van der Waals surface area contributed by atoms with E-state index in [-0.39, 0.29) is 36.9 Å². The van der Waals surface area contributed by atoms with Gasteiger partial charge in [0.25, 0.3) is 0 Å². The Hall–Kier alpha value is -3.14. The molecule has 0 saturated carbocycles. The summed E-state index contributed by atoms with van der Waals surface area (Å²) in [5.41, 5.74) is 1.96. The van der Waals surface area contributed by atoms with Crippen molar-refractivity contribution in [1.82, 2.24) is 14.9 Å². The average molecular weight is 576 g/mol. The van der Waals surface area contributed by atoms with Crippen LogP contribution < -0.4 is 14.4 Å². The molecule has 0 radical (unpaired) electrons. The summed E-state index contributed by atoms with van der Waals surface area (Å²) in [7, 11) is 0. The van der Waals surface area contributed by atoms with E-state index in [2.05, 4.69) is 15.9 Å². The van der Waals surface area contributed by atoms with E-state index in [0.29, 0.717) is 24.7 Å². The number of anilines is 1. The molecule has 1 atom stereocenters. The largest absolute Gasteiger partial charge is 0.490 e. The average Bonchev–Trinajstić information content (AvgIpc) is 2.93. The minimum Gasteiger partial charge on any atom is -0.490 e. The SMILES string of the molecule is CCOc1ccccc1OCC(O)CN1CCN(c2nc(-c3ccccc3)nc3ccccc23)CC1.Cl.Cl.O. The highest BCUT2D eigenvalue weighted by molar-refractivity contribution is 5.91. The molecule has 8 nitrogen and oxygen atoms in total. The highest BCUT2D eigenvalue weighted by Crippen LogP contribution is 2.29. The lowest BCUT2D eigenvalue weighted by Gasteiger charge is -2.36. The normalized spacial score (nSPS) is 13.9. The maximum Gasteiger partial charge on any atom is 0.162 e. The molecule has 0 amide bonds. The first-order chi connectivity index (χ1) is 17.7. The summed E-state index contributed by atoms with van der Waals surface area (Å²) < 4.78 is 11.5. The first-order valence-electron chi connectivity index (χ1n) is 12.5. The second-order valence-electron chi connectivity index (χ2n) is 8.89. The van der Waals surface area contributed by atoms with Crippen molar-refractivity contribution in [1.29, 1.82) is 0 Å². The lowest BCUT2D eigenvalue weighted by Crippen LogP contribution is -2.49. The molecule has 1 unspecified atom stereocenters. The third kappa shape index (κ3) is 7.94. The van der Waals surface area contributed by atoms with Gasteiger partial charge in [-0.25, -0.2) is 9.97 Å². The number of para-hydroxylation sites is 3. The predicted molar refractivity (Wildman–Crippen MR) is 161 cm³/mol. The van der Waals surface area contributed by atoms with Crippen LogP contribution in [0.2, 0.25) is 0 Å². The minimum atomic E-state index is -0.587. The number of benzene rings is 3. The van der Waals surface area contributed by atoms with Crippen molar-refractivity contribution in [2.45, 2.75) is 13.0 Å². The van der Waals surface area contributed by atoms with Crippen LogP contribution in [0.25, 0.3) is 22.3 Å². The molecule has 5 rings (SSSR count). The number of aliphatic hydroxyl groups excluding tert-OH is 1. The number of nitrogens with zero attached hydrogens (tertiary/aromatic N) is 4. The van der Waals surface area contributed by atoms with Crippen LogP contribution in [0.1, 0.15) is 6.92 Å². The van der Waals surface area contributed by atoms with Gasteiger partial charge in [0, 0.05) is 43.7 Å². The van der Waals surface area contributed by atoms with Gasteiger partial charge >= 0.3 is 0 Å². The molecule has 210 valence electrons. The summed E-state index contributed by atoms with van der Waals surface area (Å²) in [4.78, 5) is 14.4. The number of β-amino-alcohol motifs (C(OH)–C–C–N with tert-alkyl or cyclic N) is 1. The first kappa shape index (κ1) is 32.1. The first-order valence-corrected chi connectivity index (χ1v) is 12.5. The highest BCUT2D eigenvalue weighted by atomic mass is 35.5. The lowest BCUT2D eigenvalue weighted by molar-refractivity contribution is 0.0651. The summed E-state index contributed by atoms with van der Waals surface area (Å²) in [6.07, 6.45) is -0.587. The fourth-order valence-corrected chi connectivity index (χ4v) is 4.54. The van der Waals surface area contributed by atoms with Crippen molar-refractivity contribution in [2.75, 3.05) is 50.8 Å². The van der Waals surface area contributed by atoms with Gasteiger partial charge in [-0.05, 0) is 31.2 Å². The Morgan fingerprint density at radius 3 is 2.10 bits per heavy atom. The number of ether oxygens (including phenoxy) is 2. The topological polar surface area (TPSA) is 102 Å². The number of aliphatic hydroxyl groups is 1. The maximum absolute atomic E-state index is 10.6. The smallest absolute Gasteiger partial charge is 0.162 e. The molecule has 1 aliphatic rings. The Morgan fingerprint density at radius 1 is 0.795 bits per heavy atom. The maximum atomic E-state index is 10.6. The standard InChI is InChI=1S/C29H32N4O3.2ClH.H2O/c1-2-35-26-14-8-9-15-27(26)36-21-23(34)20-32-16-18-33(19-17-32)29-24-12-6-7-13-25(24)30-28(31-29)22-10-4-3-5-11-22;;;/h3-15,23,34H,2,16-21H2,1H3;2*1H;1H2. The van der Waals surface area contributed by atoms with Crippen molar-refractivity contribution >= 4 is 41.5 Å². The van der Waals surface area contributed by atoms with Crippen LogP contribution in [0.15, 0.2) is 78.9 Å². The quantitative estimate of drug-likeness (QED) is 0.318. The molecule has 2 heterocycles. The monoisotopic (exact) mass is 574 g/mol. The molecule has 39 heavy (non-hydrogen) atoms. The van der Waals surface area contributed by atoms with E-state index in [1.165, 1.54) is 0 Å². The number of fused-ring (bicyclic) bond motifs is 1. The van der Waals surface area contributed by atoms with Crippen LogP contribution in [-0.4, -0.2) is 77.5 Å². The Morgan fingerprint density at radius 2 is 1.41 bits per heavy atom. The van der Waals surface area contributed by atoms with Crippen molar-refractivity contribution in [3.8, 4) is 22.9 Å². The zero-order chi connectivity index (χ0) is 24.7. The molecular formula is C29H36Cl2N4O4. The number of hydrogen-bond donors (Lipinski definition) is 1. The van der Waals surface area contributed by atoms with Gasteiger partial charge in [-0.15, -0.1) is 24.8 Å². The number of rotatable bonds is 9. The van der Waals surface area contributed by atoms with Crippen LogP contribution >= 0.6 is 24.8 Å². The third-order valence-electron chi connectivity index (χ3n) is 6.34. The molecule has 1 saturated heterocycles. The zero-order valence-electron chi connectivity index (χ0n) is 21.9. The molecule has 3 N–H and O–H groups in total. The summed E-state index contributed by atoms with van der Waals surface area (Å²) in [6, 6.07) is 25.9. The van der Waals surface area contributed by atoms with Crippen molar-refractivity contribution in [3.63, 3.8) is 0 Å². The van der Waals surface area contributed by atoms with Crippen LogP contribution in [-0.2, 0) is 0 Å². The fourth-order valence-electron chi connectivity index (χ4n) is 4.54. The second-order valence-corrected chi connectivity index (χ2v) is 8.89. The number of piperazine rings is 1. The van der Waals surface area contributed by atoms with Gasteiger partial charge < -0.3 is 25.0 Å². The molecule has 0 spiro atoms. The molecule has 10 heteroatoms. The van der Waals surface area contributed by atoms with E-state index in [1.54, 1.807) is 0 Å². The third-order valence-corrected chi connectivity index (χ3v) is 6.34. The summed E-state index contributed by atoms with van der Waals surface area (Å²) in [5.74, 6) is 3.07. The molecule has 3 aromatic carbocycles. The van der Waals surface area contributed by atoms with E-state index in [1.807, 2.05) is 79.7 Å². The van der Waals surface area contributed by atoms with E-state index in [9.17, 15) is 5.11 Å². The van der Waals surface area contributed by atoms with Crippen LogP contribution in [0.5, 0.6) is 11.5 Å². The van der Waals surface area contributed by atoms with E-state index >= 15 is 0 Å².